The van der Waals surface area contributed by atoms with E-state index in [0.717, 1.165) is 11.1 Å². The summed E-state index contributed by atoms with van der Waals surface area (Å²) in [6.45, 7) is 4.13. The van der Waals surface area contributed by atoms with Crippen molar-refractivity contribution in [3.63, 3.8) is 0 Å². The minimum atomic E-state index is -1.60. The summed E-state index contributed by atoms with van der Waals surface area (Å²) in [5, 5.41) is 0. The number of ether oxygens (including phenoxy) is 7. The molecule has 0 N–H and O–H groups in total. The number of hydrogen-bond donors (Lipinski definition) is 0. The molecule has 3 aliphatic carbocycles. The zero-order chi connectivity index (χ0) is 26.3. The van der Waals surface area contributed by atoms with E-state index in [9.17, 15) is 14.4 Å². The van der Waals surface area contributed by atoms with Crippen LogP contribution >= 0.6 is 0 Å². The van der Waals surface area contributed by atoms with Crippen molar-refractivity contribution in [2.24, 2.45) is 22.7 Å². The highest BCUT2D eigenvalue weighted by Gasteiger charge is 2.79. The Hall–Kier alpha value is -1.85. The van der Waals surface area contributed by atoms with E-state index in [1.54, 1.807) is 0 Å². The van der Waals surface area contributed by atoms with Gasteiger partial charge in [0.1, 0.15) is 19.7 Å². The molecule has 2 saturated carbocycles. The minimum absolute atomic E-state index is 0.0317. The van der Waals surface area contributed by atoms with Gasteiger partial charge in [0.15, 0.2) is 11.4 Å². The largest absolute Gasteiger partial charge is 0.469 e. The first-order chi connectivity index (χ1) is 17.2. The normalized spacial score (nSPS) is 39.4. The topological polar surface area (TPSA) is 116 Å². The molecule has 3 fully saturated rings. The lowest BCUT2D eigenvalue weighted by atomic mass is 9.41. The van der Waals surface area contributed by atoms with Crippen molar-refractivity contribution in [3.05, 3.63) is 11.1 Å². The molecule has 1 heterocycles. The molecule has 0 aromatic carbocycles. The lowest BCUT2D eigenvalue weighted by Gasteiger charge is -2.63. The summed E-state index contributed by atoms with van der Waals surface area (Å²) in [5.41, 5.74) is -0.750. The molecule has 202 valence electrons. The van der Waals surface area contributed by atoms with E-state index in [-0.39, 0.29) is 38.3 Å². The number of carbonyl (C=O) groups is 3. The minimum Gasteiger partial charge on any atom is -0.469 e. The molecule has 10 nitrogen and oxygen atoms in total. The third-order valence-corrected chi connectivity index (χ3v) is 9.27. The number of carbonyl (C=O) groups excluding carboxylic acids is 3. The third kappa shape index (κ3) is 3.75. The fraction of sp³-hybridized carbons (Fsp3) is 0.808. The summed E-state index contributed by atoms with van der Waals surface area (Å²) in [6.07, 6.45) is 0.690. The first-order valence-corrected chi connectivity index (χ1v) is 12.4. The Morgan fingerprint density at radius 3 is 2.33 bits per heavy atom. The van der Waals surface area contributed by atoms with Crippen LogP contribution in [0.2, 0.25) is 0 Å². The summed E-state index contributed by atoms with van der Waals surface area (Å²) in [5.74, 6) is -1.73. The molecule has 0 radical (unpaired) electrons. The van der Waals surface area contributed by atoms with Crippen LogP contribution in [0.4, 0.5) is 0 Å². The van der Waals surface area contributed by atoms with Crippen molar-refractivity contribution >= 4 is 17.7 Å². The van der Waals surface area contributed by atoms with Crippen LogP contribution in [0.5, 0.6) is 0 Å². The van der Waals surface area contributed by atoms with Crippen molar-refractivity contribution < 1.29 is 47.5 Å². The number of methoxy groups -OCH3 is 4. The first-order valence-electron chi connectivity index (χ1n) is 12.4. The molecular formula is C26H38O10. The van der Waals surface area contributed by atoms with Gasteiger partial charge in [-0.3, -0.25) is 9.59 Å². The molecule has 0 amide bonds. The zero-order valence-electron chi connectivity index (χ0n) is 22.0. The Bertz CT molecular complexity index is 930. The SMILES string of the molecule is COCO[C@H]1[C@H](OCOC)[C@@]2(C(=O)OC)OC[C@]3(CCC4=C(C)C(=O)CC[C@]4(C)[C@@H]13)[C@H]2CC(=O)OC. The number of allylic oxidation sites excluding steroid dienone is 2. The van der Waals surface area contributed by atoms with Crippen LogP contribution in [-0.4, -0.2) is 84.2 Å². The average molecular weight is 511 g/mol. The molecule has 4 aliphatic rings. The van der Waals surface area contributed by atoms with Crippen LogP contribution in [0.25, 0.3) is 0 Å². The van der Waals surface area contributed by atoms with Crippen molar-refractivity contribution in [3.8, 4) is 0 Å². The van der Waals surface area contributed by atoms with E-state index in [2.05, 4.69) is 6.92 Å². The Kier molecular flexibility index (Phi) is 7.65. The van der Waals surface area contributed by atoms with Gasteiger partial charge in [-0.25, -0.2) is 4.79 Å². The van der Waals surface area contributed by atoms with Crippen LogP contribution in [0.1, 0.15) is 46.0 Å². The molecule has 0 aromatic rings. The van der Waals surface area contributed by atoms with Crippen molar-refractivity contribution in [2.45, 2.75) is 63.8 Å². The van der Waals surface area contributed by atoms with Crippen LogP contribution in [0.3, 0.4) is 0 Å². The molecule has 0 unspecified atom stereocenters. The number of esters is 2. The van der Waals surface area contributed by atoms with E-state index >= 15 is 0 Å². The maximum absolute atomic E-state index is 13.6. The van der Waals surface area contributed by atoms with Crippen molar-refractivity contribution in [1.82, 2.24) is 0 Å². The molecular weight excluding hydrogens is 472 g/mol. The predicted molar refractivity (Wildman–Crippen MR) is 125 cm³/mol. The van der Waals surface area contributed by atoms with Crippen molar-refractivity contribution in [2.75, 3.05) is 48.6 Å². The van der Waals surface area contributed by atoms with Gasteiger partial charge in [-0.2, -0.15) is 0 Å². The van der Waals surface area contributed by atoms with Gasteiger partial charge in [-0.05, 0) is 37.2 Å². The Morgan fingerprint density at radius 1 is 1.00 bits per heavy atom. The lowest BCUT2D eigenvalue weighted by Crippen LogP contribution is -2.72. The number of ketones is 1. The second-order valence-electron chi connectivity index (χ2n) is 10.6. The zero-order valence-corrected chi connectivity index (χ0v) is 22.0. The molecule has 1 spiro atoms. The van der Waals surface area contributed by atoms with Crippen LogP contribution < -0.4 is 0 Å². The second-order valence-corrected chi connectivity index (χ2v) is 10.6. The lowest BCUT2D eigenvalue weighted by molar-refractivity contribution is -0.272. The predicted octanol–water partition coefficient (Wildman–Crippen LogP) is 2.18. The van der Waals surface area contributed by atoms with Gasteiger partial charge in [0.05, 0.1) is 33.4 Å². The maximum atomic E-state index is 13.6. The Morgan fingerprint density at radius 2 is 1.69 bits per heavy atom. The van der Waals surface area contributed by atoms with E-state index in [1.807, 2.05) is 6.92 Å². The Balaban J connectivity index is 1.97. The summed E-state index contributed by atoms with van der Waals surface area (Å²) in [6, 6.07) is 0. The summed E-state index contributed by atoms with van der Waals surface area (Å²) in [4.78, 5) is 39.0. The number of hydrogen-bond acceptors (Lipinski definition) is 10. The number of rotatable bonds is 9. The van der Waals surface area contributed by atoms with Gasteiger partial charge < -0.3 is 33.2 Å². The fourth-order valence-electron chi connectivity index (χ4n) is 7.87. The van der Waals surface area contributed by atoms with Gasteiger partial charge in [0.2, 0.25) is 0 Å². The van der Waals surface area contributed by atoms with E-state index in [1.165, 1.54) is 28.4 Å². The summed E-state index contributed by atoms with van der Waals surface area (Å²) < 4.78 is 39.9. The van der Waals surface area contributed by atoms with Crippen LogP contribution in [0, 0.1) is 22.7 Å². The monoisotopic (exact) mass is 510 g/mol. The standard InChI is InChI=1S/C26H38O10/c1-15-16-7-10-25-12-36-26(23(29)33-6,18(25)11-19(28)32-5)22(35-14-31-4)20(34-13-30-3)21(25)24(16,2)9-8-17(15)27/h18,20-22H,7-14H2,1-6H3/t18-,20-,21-,22+,24+,25-,26+/m1/s1. The quantitative estimate of drug-likeness (QED) is 0.338. The van der Waals surface area contributed by atoms with Crippen LogP contribution in [0.15, 0.2) is 11.1 Å². The first kappa shape index (κ1) is 27.2. The van der Waals surface area contributed by atoms with Gasteiger partial charge >= 0.3 is 11.9 Å². The average Bonchev–Trinajstić information content (AvgIpc) is 3.10. The number of fused-ring (bicyclic) bond motifs is 3. The molecule has 4 rings (SSSR count). The summed E-state index contributed by atoms with van der Waals surface area (Å²) in [7, 11) is 5.64. The van der Waals surface area contributed by atoms with Gasteiger partial charge in [0, 0.05) is 37.9 Å². The van der Waals surface area contributed by atoms with Gasteiger partial charge in [-0.1, -0.05) is 12.5 Å². The highest BCUT2D eigenvalue weighted by atomic mass is 16.7. The van der Waals surface area contributed by atoms with Crippen molar-refractivity contribution in [1.29, 1.82) is 0 Å². The molecule has 10 heteroatoms. The van der Waals surface area contributed by atoms with E-state index < -0.39 is 46.5 Å². The number of Topliss-reactive ketones (excluding diaryl/α,β-unsaturated/α-hetero) is 1. The molecule has 1 aliphatic heterocycles. The second kappa shape index (κ2) is 10.1. The highest BCUT2D eigenvalue weighted by Crippen LogP contribution is 2.71. The molecule has 7 atom stereocenters. The summed E-state index contributed by atoms with van der Waals surface area (Å²) >= 11 is 0. The van der Waals surface area contributed by atoms with Crippen LogP contribution in [-0.2, 0) is 47.5 Å². The highest BCUT2D eigenvalue weighted by molar-refractivity contribution is 5.97. The molecule has 36 heavy (non-hydrogen) atoms. The smallest absolute Gasteiger partial charge is 0.341 e. The van der Waals surface area contributed by atoms with E-state index in [4.69, 9.17) is 33.2 Å². The third-order valence-electron chi connectivity index (χ3n) is 9.27. The molecule has 2 bridgehead atoms. The molecule has 1 saturated heterocycles. The van der Waals surface area contributed by atoms with E-state index in [0.29, 0.717) is 25.7 Å². The molecule has 0 aromatic heterocycles. The fourth-order valence-corrected chi connectivity index (χ4v) is 7.87. The Labute approximate surface area is 211 Å². The van der Waals surface area contributed by atoms with Gasteiger partial charge in [0.25, 0.3) is 0 Å². The van der Waals surface area contributed by atoms with Gasteiger partial charge in [-0.15, -0.1) is 0 Å². The maximum Gasteiger partial charge on any atom is 0.341 e.